The van der Waals surface area contributed by atoms with E-state index in [9.17, 15) is 4.39 Å². The topological polar surface area (TPSA) is 43.8 Å². The van der Waals surface area contributed by atoms with E-state index < -0.39 is 0 Å². The molecule has 0 radical (unpaired) electrons. The largest absolute Gasteiger partial charge is 0.330 e. The predicted molar refractivity (Wildman–Crippen MR) is 56.3 cm³/mol. The van der Waals surface area contributed by atoms with Crippen molar-refractivity contribution in [2.45, 2.75) is 6.42 Å². The third-order valence-corrected chi connectivity index (χ3v) is 2.24. The molecule has 0 amide bonds. The van der Waals surface area contributed by atoms with Crippen LogP contribution in [-0.4, -0.2) is 16.3 Å². The first kappa shape index (κ1) is 9.86. The van der Waals surface area contributed by atoms with E-state index in [0.29, 0.717) is 18.5 Å². The van der Waals surface area contributed by atoms with E-state index in [1.807, 2.05) is 6.07 Å². The molecule has 0 atom stereocenters. The highest BCUT2D eigenvalue weighted by Gasteiger charge is 2.08. The molecule has 0 bridgehead atoms. The fourth-order valence-electron chi connectivity index (χ4n) is 1.57. The van der Waals surface area contributed by atoms with E-state index in [4.69, 9.17) is 5.73 Å². The zero-order chi connectivity index (χ0) is 10.7. The van der Waals surface area contributed by atoms with Crippen molar-refractivity contribution < 1.29 is 4.39 Å². The van der Waals surface area contributed by atoms with Gasteiger partial charge in [0.25, 0.3) is 0 Å². The van der Waals surface area contributed by atoms with Crippen molar-refractivity contribution in [3.8, 4) is 5.69 Å². The molecular formula is C11H12FN3. The summed E-state index contributed by atoms with van der Waals surface area (Å²) in [5.74, 6) is -0.228. The fraction of sp³-hybridized carbons (Fsp3) is 0.182. The second kappa shape index (κ2) is 4.23. The van der Waals surface area contributed by atoms with Gasteiger partial charge in [0.1, 0.15) is 5.82 Å². The van der Waals surface area contributed by atoms with Crippen LogP contribution in [0.2, 0.25) is 0 Å². The van der Waals surface area contributed by atoms with Gasteiger partial charge in [-0.1, -0.05) is 6.07 Å². The second-order valence-corrected chi connectivity index (χ2v) is 3.23. The van der Waals surface area contributed by atoms with Gasteiger partial charge in [-0.25, -0.2) is 9.07 Å². The Morgan fingerprint density at radius 3 is 2.87 bits per heavy atom. The number of aromatic nitrogens is 2. The van der Waals surface area contributed by atoms with E-state index in [2.05, 4.69) is 5.10 Å². The minimum atomic E-state index is -0.228. The molecule has 0 fully saturated rings. The summed E-state index contributed by atoms with van der Waals surface area (Å²) in [6.45, 7) is 0.426. The smallest absolute Gasteiger partial charge is 0.128 e. The van der Waals surface area contributed by atoms with Gasteiger partial charge in [-0.05, 0) is 31.2 Å². The number of rotatable bonds is 3. The van der Waals surface area contributed by atoms with Gasteiger partial charge in [-0.2, -0.15) is 5.10 Å². The Kier molecular flexibility index (Phi) is 2.78. The molecule has 0 aliphatic rings. The van der Waals surface area contributed by atoms with Gasteiger partial charge in [0.15, 0.2) is 0 Å². The summed E-state index contributed by atoms with van der Waals surface area (Å²) in [6, 6.07) is 6.75. The van der Waals surface area contributed by atoms with Crippen molar-refractivity contribution in [1.29, 1.82) is 0 Å². The number of nitrogens with zero attached hydrogens (tertiary/aromatic N) is 2. The highest BCUT2D eigenvalue weighted by molar-refractivity contribution is 5.41. The van der Waals surface area contributed by atoms with Gasteiger partial charge >= 0.3 is 0 Å². The third-order valence-electron chi connectivity index (χ3n) is 2.24. The van der Waals surface area contributed by atoms with Crippen molar-refractivity contribution >= 4 is 0 Å². The minimum absolute atomic E-state index is 0.228. The van der Waals surface area contributed by atoms with Crippen LogP contribution in [-0.2, 0) is 6.42 Å². The molecule has 3 nitrogen and oxygen atoms in total. The van der Waals surface area contributed by atoms with Crippen molar-refractivity contribution in [1.82, 2.24) is 9.78 Å². The van der Waals surface area contributed by atoms with Gasteiger partial charge in [-0.3, -0.25) is 0 Å². The zero-order valence-electron chi connectivity index (χ0n) is 8.23. The summed E-state index contributed by atoms with van der Waals surface area (Å²) in [6.07, 6.45) is 3.97. The molecule has 0 saturated heterocycles. The molecule has 2 N–H and O–H groups in total. The van der Waals surface area contributed by atoms with Gasteiger partial charge in [-0.15, -0.1) is 0 Å². The molecule has 0 unspecified atom stereocenters. The number of hydrogen-bond acceptors (Lipinski definition) is 2. The van der Waals surface area contributed by atoms with Crippen LogP contribution in [0.1, 0.15) is 5.56 Å². The molecule has 0 aliphatic heterocycles. The standard InChI is InChI=1S/C11H12FN3/c12-10-3-1-4-11(9(10)5-6-13)15-8-2-7-14-15/h1-4,7-8H,5-6,13H2. The first-order valence-corrected chi connectivity index (χ1v) is 4.80. The molecule has 1 aromatic heterocycles. The van der Waals surface area contributed by atoms with Crippen LogP contribution in [0.25, 0.3) is 5.69 Å². The van der Waals surface area contributed by atoms with Crippen LogP contribution in [0.4, 0.5) is 4.39 Å². The highest BCUT2D eigenvalue weighted by atomic mass is 19.1. The fourth-order valence-corrected chi connectivity index (χ4v) is 1.57. The van der Waals surface area contributed by atoms with E-state index in [1.54, 1.807) is 29.2 Å². The lowest BCUT2D eigenvalue weighted by atomic mass is 10.1. The van der Waals surface area contributed by atoms with Crippen LogP contribution < -0.4 is 5.73 Å². The van der Waals surface area contributed by atoms with Crippen LogP contribution in [0.3, 0.4) is 0 Å². The molecule has 1 aromatic carbocycles. The lowest BCUT2D eigenvalue weighted by Crippen LogP contribution is -2.09. The first-order valence-electron chi connectivity index (χ1n) is 4.80. The molecule has 0 spiro atoms. The summed E-state index contributed by atoms with van der Waals surface area (Å²) < 4.78 is 15.2. The van der Waals surface area contributed by atoms with Crippen molar-refractivity contribution in [3.05, 3.63) is 48.0 Å². The molecule has 15 heavy (non-hydrogen) atoms. The Balaban J connectivity index is 2.51. The van der Waals surface area contributed by atoms with Gasteiger partial charge in [0.2, 0.25) is 0 Å². The minimum Gasteiger partial charge on any atom is -0.330 e. The SMILES string of the molecule is NCCc1c(F)cccc1-n1cccn1. The Morgan fingerprint density at radius 2 is 2.20 bits per heavy atom. The Morgan fingerprint density at radius 1 is 1.33 bits per heavy atom. The monoisotopic (exact) mass is 205 g/mol. The Bertz CT molecular complexity index is 437. The maximum Gasteiger partial charge on any atom is 0.128 e. The summed E-state index contributed by atoms with van der Waals surface area (Å²) >= 11 is 0. The summed E-state index contributed by atoms with van der Waals surface area (Å²) in [5, 5.41) is 4.08. The summed E-state index contributed by atoms with van der Waals surface area (Å²) in [7, 11) is 0. The molecule has 0 aliphatic carbocycles. The number of nitrogens with two attached hydrogens (primary N) is 1. The highest BCUT2D eigenvalue weighted by Crippen LogP contribution is 2.17. The van der Waals surface area contributed by atoms with Gasteiger partial charge in [0.05, 0.1) is 5.69 Å². The maximum atomic E-state index is 13.5. The van der Waals surface area contributed by atoms with Crippen LogP contribution in [0.5, 0.6) is 0 Å². The molecular weight excluding hydrogens is 193 g/mol. The van der Waals surface area contributed by atoms with Crippen LogP contribution in [0.15, 0.2) is 36.7 Å². The van der Waals surface area contributed by atoms with Crippen molar-refractivity contribution in [2.24, 2.45) is 5.73 Å². The van der Waals surface area contributed by atoms with E-state index in [-0.39, 0.29) is 5.82 Å². The summed E-state index contributed by atoms with van der Waals surface area (Å²) in [4.78, 5) is 0. The molecule has 0 saturated carbocycles. The predicted octanol–water partition coefficient (Wildman–Crippen LogP) is 1.51. The summed E-state index contributed by atoms with van der Waals surface area (Å²) in [5.41, 5.74) is 6.82. The normalized spacial score (nSPS) is 10.5. The molecule has 2 rings (SSSR count). The second-order valence-electron chi connectivity index (χ2n) is 3.23. The average molecular weight is 205 g/mol. The molecule has 1 heterocycles. The average Bonchev–Trinajstić information content (AvgIpc) is 2.74. The van der Waals surface area contributed by atoms with E-state index in [0.717, 1.165) is 5.69 Å². The van der Waals surface area contributed by atoms with Crippen LogP contribution >= 0.6 is 0 Å². The van der Waals surface area contributed by atoms with Crippen molar-refractivity contribution in [3.63, 3.8) is 0 Å². The van der Waals surface area contributed by atoms with Gasteiger partial charge < -0.3 is 5.73 Å². The number of halogens is 1. The van der Waals surface area contributed by atoms with E-state index >= 15 is 0 Å². The Hall–Kier alpha value is -1.68. The van der Waals surface area contributed by atoms with E-state index in [1.165, 1.54) is 6.07 Å². The Labute approximate surface area is 87.3 Å². The quantitative estimate of drug-likeness (QED) is 0.825. The number of benzene rings is 1. The zero-order valence-corrected chi connectivity index (χ0v) is 8.23. The van der Waals surface area contributed by atoms with Crippen molar-refractivity contribution in [2.75, 3.05) is 6.54 Å². The first-order chi connectivity index (χ1) is 7.33. The maximum absolute atomic E-state index is 13.5. The van der Waals surface area contributed by atoms with Crippen LogP contribution in [0, 0.1) is 5.82 Å². The molecule has 4 heteroatoms. The third kappa shape index (κ3) is 1.89. The lowest BCUT2D eigenvalue weighted by Gasteiger charge is -2.09. The lowest BCUT2D eigenvalue weighted by molar-refractivity contribution is 0.606. The number of hydrogen-bond donors (Lipinski definition) is 1. The molecule has 78 valence electrons. The molecule has 2 aromatic rings. The van der Waals surface area contributed by atoms with Gasteiger partial charge in [0, 0.05) is 18.0 Å².